The Morgan fingerprint density at radius 3 is 1.23 bits per heavy atom. The normalized spacial score (nSPS) is 10.1. The van der Waals surface area contributed by atoms with Crippen molar-refractivity contribution >= 4 is 36.1 Å². The summed E-state index contributed by atoms with van der Waals surface area (Å²) in [6.45, 7) is 0.492. The molecule has 2 aromatic carbocycles. The van der Waals surface area contributed by atoms with Crippen LogP contribution in [0, 0.1) is 0 Å². The van der Waals surface area contributed by atoms with Crippen LogP contribution in [-0.2, 0) is 51.3 Å². The van der Waals surface area contributed by atoms with E-state index >= 15 is 0 Å². The van der Waals surface area contributed by atoms with Crippen LogP contribution < -0.4 is 10.6 Å². The lowest BCUT2D eigenvalue weighted by atomic mass is 10.2. The lowest BCUT2D eigenvalue weighted by Gasteiger charge is -2.07. The van der Waals surface area contributed by atoms with E-state index in [0.29, 0.717) is 0 Å². The van der Waals surface area contributed by atoms with Gasteiger partial charge in [0.25, 0.3) is 0 Å². The monoisotopic (exact) mass is 556 g/mol. The van der Waals surface area contributed by atoms with Crippen molar-refractivity contribution in [3.63, 3.8) is 0 Å². The van der Waals surface area contributed by atoms with Gasteiger partial charge in [-0.25, -0.2) is 9.59 Å². The summed E-state index contributed by atoms with van der Waals surface area (Å²) in [6.07, 6.45) is -2.03. The summed E-state index contributed by atoms with van der Waals surface area (Å²) in [4.78, 5) is 70.3. The third kappa shape index (κ3) is 14.9. The highest BCUT2D eigenvalue weighted by Gasteiger charge is 2.16. The van der Waals surface area contributed by atoms with Gasteiger partial charge in [0, 0.05) is 25.9 Å². The maximum atomic E-state index is 11.7. The molecule has 2 amide bonds. The molecule has 12 heteroatoms. The van der Waals surface area contributed by atoms with Gasteiger partial charge in [0.1, 0.15) is 13.2 Å². The van der Waals surface area contributed by atoms with Gasteiger partial charge >= 0.3 is 36.1 Å². The summed E-state index contributed by atoms with van der Waals surface area (Å²) in [5, 5.41) is 4.96. The van der Waals surface area contributed by atoms with Gasteiger partial charge in [-0.15, -0.1) is 0 Å². The topological polar surface area (TPSA) is 163 Å². The highest BCUT2D eigenvalue weighted by Crippen LogP contribution is 2.03. The Labute approximate surface area is 231 Å². The van der Waals surface area contributed by atoms with Crippen molar-refractivity contribution < 1.29 is 47.7 Å². The van der Waals surface area contributed by atoms with Gasteiger partial charge in [-0.3, -0.25) is 19.2 Å². The van der Waals surface area contributed by atoms with E-state index in [0.717, 1.165) is 11.1 Å². The molecule has 0 aliphatic carbocycles. The van der Waals surface area contributed by atoms with Gasteiger partial charge in [0.15, 0.2) is 0 Å². The molecule has 12 nitrogen and oxygen atoms in total. The van der Waals surface area contributed by atoms with E-state index in [2.05, 4.69) is 20.1 Å². The third-order valence-electron chi connectivity index (χ3n) is 5.07. The molecule has 0 unspecified atom stereocenters. The molecule has 0 spiro atoms. The molecule has 0 atom stereocenters. The van der Waals surface area contributed by atoms with E-state index in [1.165, 1.54) is 0 Å². The number of amides is 2. The molecule has 0 aromatic heterocycles. The van der Waals surface area contributed by atoms with Crippen molar-refractivity contribution in [3.05, 3.63) is 71.8 Å². The second kappa shape index (κ2) is 18.5. The van der Waals surface area contributed by atoms with Gasteiger partial charge in [0.2, 0.25) is 0 Å². The fourth-order valence-corrected chi connectivity index (χ4v) is 3.06. The summed E-state index contributed by atoms with van der Waals surface area (Å²) in [7, 11) is 0. The molecule has 40 heavy (non-hydrogen) atoms. The Hall–Kier alpha value is -4.74. The van der Waals surface area contributed by atoms with Crippen molar-refractivity contribution in [2.24, 2.45) is 0 Å². The predicted octanol–water partition coefficient (Wildman–Crippen LogP) is 3.32. The maximum absolute atomic E-state index is 11.7. The number of rotatable bonds is 15. The molecule has 2 N–H and O–H groups in total. The molecule has 0 saturated heterocycles. The highest BCUT2D eigenvalue weighted by molar-refractivity contribution is 5.90. The van der Waals surface area contributed by atoms with Crippen LogP contribution in [0.3, 0.4) is 0 Å². The van der Waals surface area contributed by atoms with Crippen LogP contribution in [0.2, 0.25) is 0 Å². The zero-order valence-corrected chi connectivity index (χ0v) is 21.9. The molecule has 0 aliphatic heterocycles. The number of hydrogen-bond donors (Lipinski definition) is 2. The summed E-state index contributed by atoms with van der Waals surface area (Å²) in [6, 6.07) is 18.2. The Balaban J connectivity index is 1.45. The Bertz CT molecular complexity index is 1030. The van der Waals surface area contributed by atoms with Gasteiger partial charge in [0.05, 0.1) is 12.8 Å². The lowest BCUT2D eigenvalue weighted by Crippen LogP contribution is -2.26. The fraction of sp³-hybridized carbons (Fsp3) is 0.357. The van der Waals surface area contributed by atoms with E-state index in [9.17, 15) is 28.8 Å². The zero-order valence-electron chi connectivity index (χ0n) is 21.9. The number of benzene rings is 2. The van der Waals surface area contributed by atoms with Crippen molar-refractivity contribution in [3.8, 4) is 0 Å². The standard InChI is InChI=1S/C28H32N2O10/c31-23(13-7-17-29-27(35)37-19-21-9-3-1-4-10-21)39-25(33)15-16-26(34)40-24(32)14-8-18-30-28(36)38-20-22-11-5-2-6-12-22/h1-6,9-12H,7-8,13-20H2,(H,29,35)(H,30,36). The minimum absolute atomic E-state index is 0.112. The first-order chi connectivity index (χ1) is 19.3. The quantitative estimate of drug-likeness (QED) is 0.144. The van der Waals surface area contributed by atoms with Crippen LogP contribution in [-0.4, -0.2) is 49.2 Å². The first kappa shape index (κ1) is 31.5. The van der Waals surface area contributed by atoms with Crippen LogP contribution >= 0.6 is 0 Å². The number of esters is 4. The molecular formula is C28H32N2O10. The summed E-state index contributed by atoms with van der Waals surface area (Å²) in [5.74, 6) is -3.52. The second-order valence-electron chi connectivity index (χ2n) is 8.38. The van der Waals surface area contributed by atoms with Crippen molar-refractivity contribution in [2.45, 2.75) is 51.7 Å². The van der Waals surface area contributed by atoms with E-state index in [4.69, 9.17) is 9.47 Å². The molecular weight excluding hydrogens is 524 g/mol. The van der Waals surface area contributed by atoms with Crippen molar-refractivity contribution in [1.82, 2.24) is 10.6 Å². The van der Waals surface area contributed by atoms with Crippen LogP contribution in [0.15, 0.2) is 60.7 Å². The number of nitrogens with one attached hydrogen (secondary N) is 2. The molecule has 214 valence electrons. The van der Waals surface area contributed by atoms with E-state index in [1.807, 2.05) is 60.7 Å². The van der Waals surface area contributed by atoms with Gasteiger partial charge in [-0.2, -0.15) is 0 Å². The molecule has 0 aliphatic rings. The van der Waals surface area contributed by atoms with E-state index in [-0.39, 0.29) is 52.0 Å². The zero-order chi connectivity index (χ0) is 29.0. The second-order valence-corrected chi connectivity index (χ2v) is 8.38. The molecule has 0 fully saturated rings. The lowest BCUT2D eigenvalue weighted by molar-refractivity contribution is -0.165. The molecule has 0 heterocycles. The van der Waals surface area contributed by atoms with Gasteiger partial charge in [-0.05, 0) is 24.0 Å². The minimum atomic E-state index is -0.942. The van der Waals surface area contributed by atoms with Crippen LogP contribution in [0.5, 0.6) is 0 Å². The molecule has 0 saturated carbocycles. The average Bonchev–Trinajstić information content (AvgIpc) is 2.95. The minimum Gasteiger partial charge on any atom is -0.445 e. The first-order valence-electron chi connectivity index (χ1n) is 12.7. The number of hydrogen-bond acceptors (Lipinski definition) is 10. The van der Waals surface area contributed by atoms with Gasteiger partial charge < -0.3 is 29.6 Å². The maximum Gasteiger partial charge on any atom is 0.407 e. The average molecular weight is 557 g/mol. The van der Waals surface area contributed by atoms with Crippen LogP contribution in [0.25, 0.3) is 0 Å². The van der Waals surface area contributed by atoms with Crippen LogP contribution in [0.1, 0.15) is 49.7 Å². The Morgan fingerprint density at radius 2 is 0.850 bits per heavy atom. The van der Waals surface area contributed by atoms with E-state index in [1.54, 1.807) is 0 Å². The number of alkyl carbamates (subject to hydrolysis) is 2. The summed E-state index contributed by atoms with van der Waals surface area (Å²) < 4.78 is 19.3. The summed E-state index contributed by atoms with van der Waals surface area (Å²) >= 11 is 0. The number of carbonyl (C=O) groups is 6. The van der Waals surface area contributed by atoms with Gasteiger partial charge in [-0.1, -0.05) is 60.7 Å². The Morgan fingerprint density at radius 1 is 0.500 bits per heavy atom. The Kier molecular flexibility index (Phi) is 14.6. The molecule has 2 aromatic rings. The molecule has 0 bridgehead atoms. The SMILES string of the molecule is O=C(CCCNC(=O)OCc1ccccc1)OC(=O)CCC(=O)OC(=O)CCCNC(=O)OCc1ccccc1. The smallest absolute Gasteiger partial charge is 0.407 e. The predicted molar refractivity (Wildman–Crippen MR) is 139 cm³/mol. The number of carbonyl (C=O) groups excluding carboxylic acids is 6. The largest absolute Gasteiger partial charge is 0.445 e. The fourth-order valence-electron chi connectivity index (χ4n) is 3.06. The first-order valence-corrected chi connectivity index (χ1v) is 12.7. The van der Waals surface area contributed by atoms with E-state index < -0.39 is 48.9 Å². The summed E-state index contributed by atoms with van der Waals surface area (Å²) in [5.41, 5.74) is 1.67. The van der Waals surface area contributed by atoms with Crippen LogP contribution in [0.4, 0.5) is 9.59 Å². The number of ether oxygens (including phenoxy) is 4. The highest BCUT2D eigenvalue weighted by atomic mass is 16.6. The molecule has 2 rings (SSSR count). The van der Waals surface area contributed by atoms with Crippen molar-refractivity contribution in [2.75, 3.05) is 13.1 Å². The molecule has 0 radical (unpaired) electrons. The van der Waals surface area contributed by atoms with Crippen molar-refractivity contribution in [1.29, 1.82) is 0 Å². The third-order valence-corrected chi connectivity index (χ3v) is 5.07.